The van der Waals surface area contributed by atoms with Crippen molar-refractivity contribution < 1.29 is 19.3 Å². The predicted octanol–water partition coefficient (Wildman–Crippen LogP) is 1.27. The largest absolute Gasteiger partial charge is 0.385 e. The minimum absolute atomic E-state index is 0.139. The van der Waals surface area contributed by atoms with Gasteiger partial charge >= 0.3 is 0 Å². The van der Waals surface area contributed by atoms with Gasteiger partial charge in [-0.05, 0) is 19.3 Å². The fourth-order valence-electron chi connectivity index (χ4n) is 2.05. The van der Waals surface area contributed by atoms with Gasteiger partial charge in [0.05, 0.1) is 6.10 Å². The quantitative estimate of drug-likeness (QED) is 0.620. The fraction of sp³-hybridized carbons (Fsp3) is 1.00. The lowest BCUT2D eigenvalue weighted by Gasteiger charge is -2.47. The van der Waals surface area contributed by atoms with E-state index in [9.17, 15) is 5.11 Å². The minimum atomic E-state index is -0.820. The molecule has 1 N–H and O–H groups in total. The third-order valence-electron chi connectivity index (χ3n) is 2.85. The molecule has 2 rings (SSSR count). The van der Waals surface area contributed by atoms with Crippen LogP contribution in [0.2, 0.25) is 0 Å². The van der Waals surface area contributed by atoms with Crippen LogP contribution in [0.1, 0.15) is 34.6 Å². The molecule has 2 aliphatic rings. The van der Waals surface area contributed by atoms with Crippen molar-refractivity contribution in [3.8, 4) is 0 Å². The van der Waals surface area contributed by atoms with Crippen LogP contribution < -0.4 is 0 Å². The first-order valence-electron chi connectivity index (χ1n) is 5.36. The molecule has 0 saturated carbocycles. The first kappa shape index (κ1) is 11.3. The van der Waals surface area contributed by atoms with Gasteiger partial charge in [-0.25, -0.2) is 0 Å². The molecule has 2 saturated heterocycles. The third kappa shape index (κ3) is 1.91. The molecule has 1 unspecified atom stereocenters. The highest BCUT2D eigenvalue weighted by Gasteiger charge is 2.64. The van der Waals surface area contributed by atoms with Gasteiger partial charge in [-0.2, -0.15) is 0 Å². The summed E-state index contributed by atoms with van der Waals surface area (Å²) in [6.07, 6.45) is -0.991. The monoisotopic (exact) mass is 216 g/mol. The number of hydrogen-bond donors (Lipinski definition) is 1. The maximum absolute atomic E-state index is 10.2. The average Bonchev–Trinajstić information content (AvgIpc) is 2.75. The van der Waals surface area contributed by atoms with Crippen LogP contribution in [0.25, 0.3) is 0 Å². The van der Waals surface area contributed by atoms with Crippen LogP contribution in [0.4, 0.5) is 0 Å². The maximum atomic E-state index is 10.2. The van der Waals surface area contributed by atoms with E-state index in [0.29, 0.717) is 6.61 Å². The summed E-state index contributed by atoms with van der Waals surface area (Å²) >= 11 is 0. The molecule has 15 heavy (non-hydrogen) atoms. The summed E-state index contributed by atoms with van der Waals surface area (Å²) in [7, 11) is 0. The van der Waals surface area contributed by atoms with Gasteiger partial charge in [-0.3, -0.25) is 0 Å². The average molecular weight is 216 g/mol. The second-order valence-electron chi connectivity index (χ2n) is 5.95. The summed E-state index contributed by atoms with van der Waals surface area (Å²) in [4.78, 5) is 0. The lowest BCUT2D eigenvalue weighted by Crippen LogP contribution is -2.60. The van der Waals surface area contributed by atoms with Gasteiger partial charge in [0, 0.05) is 0 Å². The van der Waals surface area contributed by atoms with Crippen molar-refractivity contribution >= 4 is 0 Å². The van der Waals surface area contributed by atoms with Crippen LogP contribution in [-0.2, 0) is 14.2 Å². The molecule has 2 fully saturated rings. The van der Waals surface area contributed by atoms with Gasteiger partial charge in [0.25, 0.3) is 0 Å². The van der Waals surface area contributed by atoms with Gasteiger partial charge in [-0.15, -0.1) is 0 Å². The molecule has 2 heterocycles. The topological polar surface area (TPSA) is 51.2 Å². The van der Waals surface area contributed by atoms with E-state index in [1.165, 1.54) is 0 Å². The fourth-order valence-corrected chi connectivity index (χ4v) is 2.05. The van der Waals surface area contributed by atoms with Gasteiger partial charge in [0.15, 0.2) is 5.79 Å². The first-order chi connectivity index (χ1) is 6.66. The zero-order chi connectivity index (χ0) is 11.5. The lowest BCUT2D eigenvalue weighted by atomic mass is 9.83. The molecule has 4 nitrogen and oxygen atoms in total. The molecule has 3 atom stereocenters. The van der Waals surface area contributed by atoms with Crippen molar-refractivity contribution in [3.63, 3.8) is 0 Å². The predicted molar refractivity (Wildman–Crippen MR) is 54.2 cm³/mol. The van der Waals surface area contributed by atoms with Gasteiger partial charge in [0.2, 0.25) is 5.79 Å². The van der Waals surface area contributed by atoms with Crippen molar-refractivity contribution in [1.29, 1.82) is 0 Å². The summed E-state index contributed by atoms with van der Waals surface area (Å²) in [5.41, 5.74) is -0.139. The molecular formula is C11H20O4. The van der Waals surface area contributed by atoms with Crippen LogP contribution in [0.3, 0.4) is 0 Å². The Labute approximate surface area is 90.5 Å². The Bertz CT molecular complexity index is 262. The number of ether oxygens (including phenoxy) is 3. The van der Waals surface area contributed by atoms with Crippen LogP contribution in [0.5, 0.6) is 0 Å². The van der Waals surface area contributed by atoms with Gasteiger partial charge < -0.3 is 19.3 Å². The molecule has 88 valence electrons. The molecule has 0 aromatic rings. The summed E-state index contributed by atoms with van der Waals surface area (Å²) in [6.45, 7) is 10.3. The van der Waals surface area contributed by atoms with Crippen molar-refractivity contribution in [2.45, 2.75) is 58.4 Å². The van der Waals surface area contributed by atoms with Crippen LogP contribution in [0.15, 0.2) is 0 Å². The first-order valence-corrected chi connectivity index (χ1v) is 5.36. The Morgan fingerprint density at radius 1 is 1.27 bits per heavy atom. The number of aliphatic hydroxyl groups excluding tert-OH is 1. The summed E-state index contributed by atoms with van der Waals surface area (Å²) in [5.74, 6) is -1.52. The zero-order valence-electron chi connectivity index (χ0n) is 10.0. The number of epoxide rings is 1. The Kier molecular flexibility index (Phi) is 2.22. The van der Waals surface area contributed by atoms with Crippen molar-refractivity contribution in [2.24, 2.45) is 5.41 Å². The zero-order valence-corrected chi connectivity index (χ0v) is 10.0. The van der Waals surface area contributed by atoms with Crippen molar-refractivity contribution in [1.82, 2.24) is 0 Å². The van der Waals surface area contributed by atoms with Crippen LogP contribution >= 0.6 is 0 Å². The van der Waals surface area contributed by atoms with Crippen LogP contribution in [0, 0.1) is 5.41 Å². The highest BCUT2D eigenvalue weighted by molar-refractivity contribution is 5.02. The minimum Gasteiger partial charge on any atom is -0.385 e. The Morgan fingerprint density at radius 2 is 1.80 bits per heavy atom. The van der Waals surface area contributed by atoms with E-state index >= 15 is 0 Å². The van der Waals surface area contributed by atoms with Crippen LogP contribution in [-0.4, -0.2) is 35.5 Å². The van der Waals surface area contributed by atoms with E-state index in [1.54, 1.807) is 0 Å². The lowest BCUT2D eigenvalue weighted by molar-refractivity contribution is -0.375. The summed E-state index contributed by atoms with van der Waals surface area (Å²) in [6, 6.07) is 0. The summed E-state index contributed by atoms with van der Waals surface area (Å²) < 4.78 is 16.6. The Morgan fingerprint density at radius 3 is 2.20 bits per heavy atom. The van der Waals surface area contributed by atoms with E-state index in [2.05, 4.69) is 0 Å². The Hall–Kier alpha value is -0.160. The van der Waals surface area contributed by atoms with E-state index in [0.717, 1.165) is 0 Å². The molecule has 1 spiro atoms. The highest BCUT2D eigenvalue weighted by Crippen LogP contribution is 2.47. The normalized spacial score (nSPS) is 44.4. The number of rotatable bonds is 0. The van der Waals surface area contributed by atoms with E-state index in [4.69, 9.17) is 14.2 Å². The van der Waals surface area contributed by atoms with E-state index in [1.807, 2.05) is 34.6 Å². The van der Waals surface area contributed by atoms with Gasteiger partial charge in [-0.1, -0.05) is 20.8 Å². The van der Waals surface area contributed by atoms with Gasteiger partial charge in [0.1, 0.15) is 12.7 Å². The molecule has 0 aliphatic carbocycles. The smallest absolute Gasteiger partial charge is 0.224 e. The molecule has 0 aromatic heterocycles. The molecule has 0 radical (unpaired) electrons. The SMILES string of the molecule is CC1(C)OC(C(C)(C)C)[C@@H](O)[C@]2(CO2)O1. The second kappa shape index (κ2) is 2.94. The van der Waals surface area contributed by atoms with E-state index < -0.39 is 17.7 Å². The number of aliphatic hydroxyl groups is 1. The summed E-state index contributed by atoms with van der Waals surface area (Å²) in [5, 5.41) is 10.2. The second-order valence-corrected chi connectivity index (χ2v) is 5.95. The molecule has 0 bridgehead atoms. The molecular weight excluding hydrogens is 196 g/mol. The standard InChI is InChI=1S/C11H20O4/c1-9(2,3)8-7(12)11(6-13-11)15-10(4,5)14-8/h7-8,12H,6H2,1-5H3/t7-,8?,11+/m1/s1. The van der Waals surface area contributed by atoms with Crippen molar-refractivity contribution in [2.75, 3.05) is 6.61 Å². The van der Waals surface area contributed by atoms with E-state index in [-0.39, 0.29) is 11.5 Å². The Balaban J connectivity index is 2.24. The third-order valence-corrected chi connectivity index (χ3v) is 2.85. The number of hydrogen-bond acceptors (Lipinski definition) is 4. The molecule has 0 aromatic carbocycles. The molecule has 2 aliphatic heterocycles. The molecule has 0 amide bonds. The maximum Gasteiger partial charge on any atom is 0.224 e. The van der Waals surface area contributed by atoms with Crippen molar-refractivity contribution in [3.05, 3.63) is 0 Å². The molecule has 4 heteroatoms. The highest BCUT2D eigenvalue weighted by atomic mass is 16.9.